The molecule has 1 aromatic carbocycles. The second-order valence-electron chi connectivity index (χ2n) is 6.44. The van der Waals surface area contributed by atoms with Crippen molar-refractivity contribution in [3.05, 3.63) is 35.4 Å². The van der Waals surface area contributed by atoms with Gasteiger partial charge in [0.25, 0.3) is 0 Å². The van der Waals surface area contributed by atoms with E-state index in [1.165, 1.54) is 43.2 Å². The summed E-state index contributed by atoms with van der Waals surface area (Å²) in [6.45, 7) is 5.42. The van der Waals surface area contributed by atoms with Crippen molar-refractivity contribution in [3.63, 3.8) is 0 Å². The number of hydrogen-bond donors (Lipinski definition) is 1. The highest BCUT2D eigenvalue weighted by Gasteiger charge is 2.31. The molecule has 1 aliphatic carbocycles. The highest BCUT2D eigenvalue weighted by molar-refractivity contribution is 5.25. The lowest BCUT2D eigenvalue weighted by atomic mass is 9.81. The van der Waals surface area contributed by atoms with Gasteiger partial charge >= 0.3 is 0 Å². The summed E-state index contributed by atoms with van der Waals surface area (Å²) in [5.41, 5.74) is 2.69. The zero-order chi connectivity index (χ0) is 15.1. The Morgan fingerprint density at radius 2 is 1.81 bits per heavy atom. The van der Waals surface area contributed by atoms with Gasteiger partial charge in [-0.2, -0.15) is 0 Å². The molecular weight excluding hydrogens is 258 g/mol. The highest BCUT2D eigenvalue weighted by atomic mass is 16.5. The Labute approximate surface area is 130 Å². The fourth-order valence-electron chi connectivity index (χ4n) is 3.56. The normalized spacial score (nSPS) is 19.4. The number of nitrogens with one attached hydrogen (secondary N) is 1. The van der Waals surface area contributed by atoms with E-state index in [0.717, 1.165) is 13.0 Å². The third-order valence-corrected chi connectivity index (χ3v) is 4.77. The molecule has 0 spiro atoms. The largest absolute Gasteiger partial charge is 0.379 e. The minimum atomic E-state index is 0.291. The van der Waals surface area contributed by atoms with Gasteiger partial charge in [0.05, 0.1) is 12.1 Å². The Bertz CT molecular complexity index is 395. The number of benzene rings is 1. The number of aryl methyl sites for hydroxylation is 1. The summed E-state index contributed by atoms with van der Waals surface area (Å²) in [5.74, 6) is 0.694. The fourth-order valence-corrected chi connectivity index (χ4v) is 3.56. The van der Waals surface area contributed by atoms with Crippen LogP contribution < -0.4 is 5.32 Å². The van der Waals surface area contributed by atoms with Gasteiger partial charge < -0.3 is 10.1 Å². The van der Waals surface area contributed by atoms with Gasteiger partial charge in [-0.05, 0) is 44.2 Å². The van der Waals surface area contributed by atoms with Gasteiger partial charge in [-0.1, -0.05) is 56.0 Å². The molecule has 0 amide bonds. The molecule has 1 N–H and O–H groups in total. The van der Waals surface area contributed by atoms with E-state index in [0.29, 0.717) is 18.1 Å². The zero-order valence-electron chi connectivity index (χ0n) is 13.9. The molecule has 1 aromatic rings. The van der Waals surface area contributed by atoms with Gasteiger partial charge in [0, 0.05) is 7.11 Å². The van der Waals surface area contributed by atoms with E-state index in [1.807, 2.05) is 7.11 Å². The molecule has 2 nitrogen and oxygen atoms in total. The average molecular weight is 289 g/mol. The lowest BCUT2D eigenvalue weighted by Crippen LogP contribution is -2.39. The third-order valence-electron chi connectivity index (χ3n) is 4.77. The van der Waals surface area contributed by atoms with Crippen LogP contribution in [0.1, 0.15) is 62.6 Å². The van der Waals surface area contributed by atoms with Crippen LogP contribution in [-0.2, 0) is 4.74 Å². The van der Waals surface area contributed by atoms with Crippen LogP contribution in [-0.4, -0.2) is 19.8 Å². The van der Waals surface area contributed by atoms with Gasteiger partial charge in [-0.15, -0.1) is 0 Å². The van der Waals surface area contributed by atoms with Crippen molar-refractivity contribution >= 4 is 0 Å². The van der Waals surface area contributed by atoms with Crippen LogP contribution in [0.15, 0.2) is 24.3 Å². The molecule has 1 aliphatic rings. The highest BCUT2D eigenvalue weighted by Crippen LogP contribution is 2.34. The molecule has 0 heterocycles. The van der Waals surface area contributed by atoms with Crippen LogP contribution >= 0.6 is 0 Å². The summed E-state index contributed by atoms with van der Waals surface area (Å²) < 4.78 is 5.97. The minimum absolute atomic E-state index is 0.291. The predicted molar refractivity (Wildman–Crippen MR) is 89.6 cm³/mol. The van der Waals surface area contributed by atoms with Crippen LogP contribution in [0.2, 0.25) is 0 Å². The summed E-state index contributed by atoms with van der Waals surface area (Å²) in [6.07, 6.45) is 8.19. The zero-order valence-corrected chi connectivity index (χ0v) is 13.9. The Balaban J connectivity index is 2.17. The minimum Gasteiger partial charge on any atom is -0.379 e. The maximum absolute atomic E-state index is 5.97. The van der Waals surface area contributed by atoms with Crippen molar-refractivity contribution in [2.45, 2.75) is 64.5 Å². The quantitative estimate of drug-likeness (QED) is 0.790. The van der Waals surface area contributed by atoms with Gasteiger partial charge in [0.15, 0.2) is 0 Å². The Kier molecular flexibility index (Phi) is 6.72. The first-order valence-electron chi connectivity index (χ1n) is 8.59. The number of rotatable bonds is 7. The molecule has 0 radical (unpaired) electrons. The molecule has 0 bridgehead atoms. The molecule has 0 aliphatic heterocycles. The van der Waals surface area contributed by atoms with Crippen molar-refractivity contribution < 1.29 is 4.74 Å². The van der Waals surface area contributed by atoms with E-state index in [1.54, 1.807) is 0 Å². The summed E-state index contributed by atoms with van der Waals surface area (Å²) in [4.78, 5) is 0. The standard InChI is InChI=1S/C19H31NO/c1-4-14-20-18(16-12-10-15(2)11-13-16)19(21-3)17-8-6-5-7-9-17/h10-13,17-20H,4-9,14H2,1-3H3. The second-order valence-corrected chi connectivity index (χ2v) is 6.44. The van der Waals surface area contributed by atoms with Crippen molar-refractivity contribution in [2.24, 2.45) is 5.92 Å². The summed E-state index contributed by atoms with van der Waals surface area (Å²) >= 11 is 0. The van der Waals surface area contributed by atoms with Crippen molar-refractivity contribution in [3.8, 4) is 0 Å². The molecule has 2 unspecified atom stereocenters. The molecule has 0 aromatic heterocycles. The molecule has 2 rings (SSSR count). The van der Waals surface area contributed by atoms with Gasteiger partial charge in [-0.3, -0.25) is 0 Å². The third kappa shape index (κ3) is 4.55. The molecule has 2 heteroatoms. The fraction of sp³-hybridized carbons (Fsp3) is 0.684. The summed E-state index contributed by atoms with van der Waals surface area (Å²) in [5, 5.41) is 3.73. The van der Waals surface area contributed by atoms with Crippen LogP contribution in [0, 0.1) is 12.8 Å². The lowest BCUT2D eigenvalue weighted by Gasteiger charge is -2.35. The molecular formula is C19H31NO. The van der Waals surface area contributed by atoms with Crippen molar-refractivity contribution in [1.29, 1.82) is 0 Å². The Hall–Kier alpha value is -0.860. The van der Waals surface area contributed by atoms with E-state index in [-0.39, 0.29) is 0 Å². The average Bonchev–Trinajstić information content (AvgIpc) is 2.53. The van der Waals surface area contributed by atoms with Gasteiger partial charge in [0.2, 0.25) is 0 Å². The van der Waals surface area contributed by atoms with Crippen LogP contribution in [0.4, 0.5) is 0 Å². The molecule has 1 fully saturated rings. The number of ether oxygens (including phenoxy) is 1. The van der Waals surface area contributed by atoms with E-state index < -0.39 is 0 Å². The van der Waals surface area contributed by atoms with E-state index >= 15 is 0 Å². The van der Waals surface area contributed by atoms with Gasteiger partial charge in [0.1, 0.15) is 0 Å². The maximum atomic E-state index is 5.97. The smallest absolute Gasteiger partial charge is 0.0794 e. The SMILES string of the molecule is CCCNC(c1ccc(C)cc1)C(OC)C1CCCCC1. The Morgan fingerprint density at radius 3 is 2.38 bits per heavy atom. The topological polar surface area (TPSA) is 21.3 Å². The predicted octanol–water partition coefficient (Wildman–Crippen LogP) is 4.63. The van der Waals surface area contributed by atoms with Crippen LogP contribution in [0.3, 0.4) is 0 Å². The summed E-state index contributed by atoms with van der Waals surface area (Å²) in [7, 11) is 1.88. The Morgan fingerprint density at radius 1 is 1.14 bits per heavy atom. The van der Waals surface area contributed by atoms with E-state index in [2.05, 4.69) is 43.4 Å². The first kappa shape index (κ1) is 16.5. The van der Waals surface area contributed by atoms with E-state index in [9.17, 15) is 0 Å². The molecule has 0 saturated heterocycles. The van der Waals surface area contributed by atoms with Crippen LogP contribution in [0.5, 0.6) is 0 Å². The van der Waals surface area contributed by atoms with Crippen molar-refractivity contribution in [1.82, 2.24) is 5.32 Å². The lowest BCUT2D eigenvalue weighted by molar-refractivity contribution is 0.00756. The second kappa shape index (κ2) is 8.55. The molecule has 21 heavy (non-hydrogen) atoms. The monoisotopic (exact) mass is 289 g/mol. The molecule has 118 valence electrons. The summed E-state index contributed by atoms with van der Waals surface area (Å²) in [6, 6.07) is 9.26. The number of methoxy groups -OCH3 is 1. The van der Waals surface area contributed by atoms with Gasteiger partial charge in [-0.25, -0.2) is 0 Å². The molecule has 1 saturated carbocycles. The van der Waals surface area contributed by atoms with Crippen LogP contribution in [0.25, 0.3) is 0 Å². The van der Waals surface area contributed by atoms with Crippen molar-refractivity contribution in [2.75, 3.05) is 13.7 Å². The first-order chi connectivity index (χ1) is 10.3. The number of hydrogen-bond acceptors (Lipinski definition) is 2. The first-order valence-corrected chi connectivity index (χ1v) is 8.59. The maximum Gasteiger partial charge on any atom is 0.0794 e. The van der Waals surface area contributed by atoms with E-state index in [4.69, 9.17) is 4.74 Å². The molecule has 2 atom stereocenters.